The number of nitrogens with one attached hydrogen (secondary N) is 1. The van der Waals surface area contributed by atoms with Crippen LogP contribution in [0.1, 0.15) is 20.7 Å². The number of anilines is 1. The summed E-state index contributed by atoms with van der Waals surface area (Å²) in [5.74, 6) is -0.878. The summed E-state index contributed by atoms with van der Waals surface area (Å²) in [6.45, 7) is 0. The second-order valence-electron chi connectivity index (χ2n) is 3.05. The molecule has 0 saturated heterocycles. The molecule has 0 atom stereocenters. The Balaban J connectivity index is 3.74. The Kier molecular flexibility index (Phi) is 5.24. The zero-order chi connectivity index (χ0) is 13.3. The van der Waals surface area contributed by atoms with Crippen molar-refractivity contribution in [2.45, 2.75) is 0 Å². The highest BCUT2D eigenvalue weighted by Crippen LogP contribution is 2.33. The molecule has 0 aliphatic carbocycles. The first-order chi connectivity index (χ1) is 7.82. The van der Waals surface area contributed by atoms with Gasteiger partial charge in [-0.25, -0.2) is 0 Å². The van der Waals surface area contributed by atoms with Gasteiger partial charge in [0, 0.05) is 10.6 Å². The standard InChI is InChI=1S/C9H8I3N3O2/c1-15-9(17)3-4(10)2(8(14)16)5(11)7(13)6(3)12/h13H2,1H3,(H2,14,16)(H,15,17). The number of carbonyl (C=O) groups is 2. The maximum atomic E-state index is 11.8. The second kappa shape index (κ2) is 5.86. The predicted molar refractivity (Wildman–Crippen MR) is 90.9 cm³/mol. The van der Waals surface area contributed by atoms with Gasteiger partial charge in [-0.2, -0.15) is 0 Å². The summed E-state index contributed by atoms with van der Waals surface area (Å²) in [4.78, 5) is 23.2. The van der Waals surface area contributed by atoms with Gasteiger partial charge in [-0.05, 0) is 67.8 Å². The highest BCUT2D eigenvalue weighted by atomic mass is 127. The first-order valence-electron chi connectivity index (χ1n) is 4.30. The van der Waals surface area contributed by atoms with Crippen molar-refractivity contribution >= 4 is 85.3 Å². The number of primary amides is 1. The van der Waals surface area contributed by atoms with Gasteiger partial charge < -0.3 is 16.8 Å². The second-order valence-corrected chi connectivity index (χ2v) is 6.29. The average molecular weight is 571 g/mol. The van der Waals surface area contributed by atoms with Crippen LogP contribution >= 0.6 is 67.8 Å². The lowest BCUT2D eigenvalue weighted by Crippen LogP contribution is -2.25. The third-order valence-corrected chi connectivity index (χ3v) is 5.37. The largest absolute Gasteiger partial charge is 0.397 e. The first-order valence-corrected chi connectivity index (χ1v) is 7.54. The predicted octanol–water partition coefficient (Wildman–Crippen LogP) is 1.54. The van der Waals surface area contributed by atoms with Crippen LogP contribution < -0.4 is 16.8 Å². The average Bonchev–Trinajstić information content (AvgIpc) is 2.25. The minimum atomic E-state index is -0.591. The highest BCUT2D eigenvalue weighted by molar-refractivity contribution is 14.1. The molecular formula is C9H8I3N3O2. The molecule has 1 aromatic rings. The number of carbonyl (C=O) groups excluding carboxylic acids is 2. The van der Waals surface area contributed by atoms with E-state index in [1.165, 1.54) is 7.05 Å². The number of halogens is 3. The molecule has 0 aliphatic heterocycles. The van der Waals surface area contributed by atoms with E-state index in [1.54, 1.807) is 0 Å². The van der Waals surface area contributed by atoms with Crippen LogP contribution in [0.4, 0.5) is 5.69 Å². The van der Waals surface area contributed by atoms with Crippen molar-refractivity contribution in [2.75, 3.05) is 12.8 Å². The molecule has 17 heavy (non-hydrogen) atoms. The van der Waals surface area contributed by atoms with Crippen molar-refractivity contribution in [3.63, 3.8) is 0 Å². The minimum absolute atomic E-state index is 0.288. The third-order valence-electron chi connectivity index (χ3n) is 2.05. The van der Waals surface area contributed by atoms with E-state index in [0.717, 1.165) is 0 Å². The molecule has 0 unspecified atom stereocenters. The minimum Gasteiger partial charge on any atom is -0.397 e. The van der Waals surface area contributed by atoms with Crippen LogP contribution in [0.15, 0.2) is 0 Å². The normalized spacial score (nSPS) is 10.1. The van der Waals surface area contributed by atoms with Gasteiger partial charge in [0.05, 0.1) is 24.0 Å². The third kappa shape index (κ3) is 2.77. The van der Waals surface area contributed by atoms with Gasteiger partial charge in [0.25, 0.3) is 11.8 Å². The van der Waals surface area contributed by atoms with Crippen LogP contribution in [0.25, 0.3) is 0 Å². The number of hydrogen-bond acceptors (Lipinski definition) is 3. The number of benzene rings is 1. The number of rotatable bonds is 2. The zero-order valence-electron chi connectivity index (χ0n) is 8.61. The fourth-order valence-corrected chi connectivity index (χ4v) is 5.41. The quantitative estimate of drug-likeness (QED) is 0.372. The summed E-state index contributed by atoms with van der Waals surface area (Å²) in [5.41, 5.74) is 12.3. The lowest BCUT2D eigenvalue weighted by atomic mass is 10.1. The molecule has 5 nitrogen and oxygen atoms in total. The first kappa shape index (κ1) is 15.2. The number of nitrogens with two attached hydrogens (primary N) is 2. The summed E-state index contributed by atoms with van der Waals surface area (Å²) in [6, 6.07) is 0. The van der Waals surface area contributed by atoms with Crippen LogP contribution in [0.2, 0.25) is 0 Å². The van der Waals surface area contributed by atoms with E-state index >= 15 is 0 Å². The van der Waals surface area contributed by atoms with Crippen LogP contribution in [0.5, 0.6) is 0 Å². The molecule has 0 heterocycles. The van der Waals surface area contributed by atoms with E-state index in [9.17, 15) is 9.59 Å². The van der Waals surface area contributed by atoms with Gasteiger partial charge >= 0.3 is 0 Å². The Morgan fingerprint density at radius 1 is 1.06 bits per heavy atom. The maximum Gasteiger partial charge on any atom is 0.253 e. The number of nitrogen functional groups attached to an aromatic ring is 1. The Morgan fingerprint density at radius 2 is 1.53 bits per heavy atom. The lowest BCUT2D eigenvalue weighted by molar-refractivity contribution is 0.0961. The van der Waals surface area contributed by atoms with E-state index in [-0.39, 0.29) is 5.91 Å². The molecule has 1 rings (SSSR count). The molecule has 0 aromatic heterocycles. The van der Waals surface area contributed by atoms with Gasteiger partial charge in [-0.15, -0.1) is 0 Å². The molecule has 0 aliphatic rings. The molecule has 0 saturated carbocycles. The molecule has 8 heteroatoms. The topological polar surface area (TPSA) is 98.2 Å². The van der Waals surface area contributed by atoms with Gasteiger partial charge in [-0.3, -0.25) is 9.59 Å². The SMILES string of the molecule is CNC(=O)c1c(I)c(N)c(I)c(C(N)=O)c1I. The Morgan fingerprint density at radius 3 is 1.94 bits per heavy atom. The summed E-state index contributed by atoms with van der Waals surface area (Å²) in [7, 11) is 1.52. The molecule has 2 amide bonds. The van der Waals surface area contributed by atoms with E-state index in [1.807, 2.05) is 67.8 Å². The smallest absolute Gasteiger partial charge is 0.253 e. The maximum absolute atomic E-state index is 11.8. The molecule has 0 bridgehead atoms. The molecule has 1 aromatic carbocycles. The van der Waals surface area contributed by atoms with Crippen molar-refractivity contribution in [1.29, 1.82) is 0 Å². The van der Waals surface area contributed by atoms with E-state index < -0.39 is 5.91 Å². The van der Waals surface area contributed by atoms with Gasteiger partial charge in [0.15, 0.2) is 0 Å². The van der Waals surface area contributed by atoms with Crippen LogP contribution in [-0.2, 0) is 0 Å². The molecule has 92 valence electrons. The van der Waals surface area contributed by atoms with E-state index in [4.69, 9.17) is 11.5 Å². The molecule has 0 fully saturated rings. The Bertz CT molecular complexity index is 517. The van der Waals surface area contributed by atoms with E-state index in [2.05, 4.69) is 5.32 Å². The van der Waals surface area contributed by atoms with Gasteiger partial charge in [0.1, 0.15) is 0 Å². The van der Waals surface area contributed by atoms with Crippen LogP contribution in [0, 0.1) is 10.7 Å². The molecule has 5 N–H and O–H groups in total. The van der Waals surface area contributed by atoms with Crippen molar-refractivity contribution in [3.05, 3.63) is 21.8 Å². The van der Waals surface area contributed by atoms with E-state index in [0.29, 0.717) is 27.5 Å². The Hall–Kier alpha value is 0.150. The fourth-order valence-electron chi connectivity index (χ4n) is 1.22. The van der Waals surface area contributed by atoms with Crippen molar-refractivity contribution in [2.24, 2.45) is 5.73 Å². The molecular weight excluding hydrogens is 563 g/mol. The van der Waals surface area contributed by atoms with Crippen molar-refractivity contribution in [1.82, 2.24) is 5.32 Å². The summed E-state index contributed by atoms with van der Waals surface area (Å²) in [5, 5.41) is 2.52. The van der Waals surface area contributed by atoms with Crippen LogP contribution in [-0.4, -0.2) is 18.9 Å². The monoisotopic (exact) mass is 571 g/mol. The van der Waals surface area contributed by atoms with Gasteiger partial charge in [-0.1, -0.05) is 0 Å². The summed E-state index contributed by atoms with van der Waals surface area (Å²) >= 11 is 5.88. The zero-order valence-corrected chi connectivity index (χ0v) is 15.1. The highest BCUT2D eigenvalue weighted by Gasteiger charge is 2.24. The fraction of sp³-hybridized carbons (Fsp3) is 0.111. The number of hydrogen-bond donors (Lipinski definition) is 3. The van der Waals surface area contributed by atoms with Gasteiger partial charge in [0.2, 0.25) is 0 Å². The lowest BCUT2D eigenvalue weighted by Gasteiger charge is -2.14. The number of amides is 2. The summed E-state index contributed by atoms with van der Waals surface area (Å²) < 4.78 is 1.73. The van der Waals surface area contributed by atoms with Crippen molar-refractivity contribution < 1.29 is 9.59 Å². The molecule has 0 radical (unpaired) electrons. The Labute approximate surface area is 139 Å². The summed E-state index contributed by atoms with van der Waals surface area (Å²) in [6.07, 6.45) is 0. The van der Waals surface area contributed by atoms with Crippen molar-refractivity contribution in [3.8, 4) is 0 Å². The molecule has 0 spiro atoms. The van der Waals surface area contributed by atoms with Crippen LogP contribution in [0.3, 0.4) is 0 Å².